The molecule has 0 aromatic heterocycles. The lowest BCUT2D eigenvalue weighted by Crippen LogP contribution is -2.22. The maximum Gasteiger partial charge on any atom is 0.123 e. The minimum absolute atomic E-state index is 0.215. The molecule has 0 radical (unpaired) electrons. The normalized spacial score (nSPS) is 10.4. The lowest BCUT2D eigenvalue weighted by molar-refractivity contribution is 0.414. The topological polar surface area (TPSA) is 12.5 Å². The quantitative estimate of drug-likeness (QED) is 0.789. The van der Waals surface area contributed by atoms with Crippen LogP contribution in [0.1, 0.15) is 12.5 Å². The van der Waals surface area contributed by atoms with Crippen LogP contribution in [0.15, 0.2) is 46.9 Å². The summed E-state index contributed by atoms with van der Waals surface area (Å²) in [4.78, 5) is 2.18. The van der Waals surface area contributed by atoms with Crippen LogP contribution in [0.5, 0.6) is 5.75 Å². The molecule has 0 atom stereocenters. The molecule has 0 unspecified atom stereocenters. The summed E-state index contributed by atoms with van der Waals surface area (Å²) in [5, 5.41) is 0. The van der Waals surface area contributed by atoms with Gasteiger partial charge in [-0.05, 0) is 55.0 Å². The van der Waals surface area contributed by atoms with Crippen molar-refractivity contribution in [2.45, 2.75) is 13.5 Å². The smallest absolute Gasteiger partial charge is 0.123 e. The minimum Gasteiger partial charge on any atom is -0.497 e. The van der Waals surface area contributed by atoms with Gasteiger partial charge in [-0.25, -0.2) is 4.39 Å². The van der Waals surface area contributed by atoms with E-state index in [1.807, 2.05) is 18.2 Å². The summed E-state index contributed by atoms with van der Waals surface area (Å²) in [7, 11) is 1.66. The molecule has 0 amide bonds. The third-order valence-corrected chi connectivity index (χ3v) is 3.96. The number of methoxy groups -OCH3 is 1. The van der Waals surface area contributed by atoms with E-state index in [-0.39, 0.29) is 5.82 Å². The molecule has 0 spiro atoms. The maximum absolute atomic E-state index is 13.0. The molecule has 0 saturated carbocycles. The average Bonchev–Trinajstić information content (AvgIpc) is 2.47. The molecule has 2 nitrogen and oxygen atoms in total. The number of rotatable bonds is 5. The van der Waals surface area contributed by atoms with Crippen molar-refractivity contribution in [1.29, 1.82) is 0 Å². The first-order chi connectivity index (χ1) is 9.63. The van der Waals surface area contributed by atoms with Crippen molar-refractivity contribution in [3.05, 3.63) is 58.3 Å². The number of ether oxygens (including phenoxy) is 1. The fourth-order valence-corrected chi connectivity index (χ4v) is 2.41. The van der Waals surface area contributed by atoms with Crippen molar-refractivity contribution in [3.8, 4) is 5.75 Å². The highest BCUT2D eigenvalue weighted by Crippen LogP contribution is 2.26. The van der Waals surface area contributed by atoms with E-state index >= 15 is 0 Å². The Hall–Kier alpha value is -1.55. The number of benzene rings is 2. The third kappa shape index (κ3) is 3.51. The van der Waals surface area contributed by atoms with Crippen LogP contribution in [-0.4, -0.2) is 13.7 Å². The Morgan fingerprint density at radius 1 is 1.15 bits per heavy atom. The number of hydrogen-bond acceptors (Lipinski definition) is 2. The van der Waals surface area contributed by atoms with Gasteiger partial charge in [0.25, 0.3) is 0 Å². The predicted molar refractivity (Wildman–Crippen MR) is 83.8 cm³/mol. The van der Waals surface area contributed by atoms with Crippen LogP contribution >= 0.6 is 15.9 Å². The zero-order valence-corrected chi connectivity index (χ0v) is 13.2. The van der Waals surface area contributed by atoms with Crippen LogP contribution in [0.2, 0.25) is 0 Å². The van der Waals surface area contributed by atoms with Crippen molar-refractivity contribution in [3.63, 3.8) is 0 Å². The largest absolute Gasteiger partial charge is 0.497 e. The van der Waals surface area contributed by atoms with E-state index in [0.717, 1.165) is 34.6 Å². The van der Waals surface area contributed by atoms with Gasteiger partial charge < -0.3 is 9.64 Å². The number of nitrogens with zero attached hydrogens (tertiary/aromatic N) is 1. The molecule has 2 aromatic rings. The monoisotopic (exact) mass is 337 g/mol. The second-order valence-electron chi connectivity index (χ2n) is 4.45. The summed E-state index contributed by atoms with van der Waals surface area (Å²) in [5.74, 6) is 0.616. The van der Waals surface area contributed by atoms with E-state index in [2.05, 4.69) is 27.8 Å². The van der Waals surface area contributed by atoms with Crippen molar-refractivity contribution in [1.82, 2.24) is 0 Å². The Kier molecular flexibility index (Phi) is 5.01. The highest BCUT2D eigenvalue weighted by Gasteiger charge is 2.09. The van der Waals surface area contributed by atoms with E-state index in [1.54, 1.807) is 19.2 Å². The molecule has 0 N–H and O–H groups in total. The Morgan fingerprint density at radius 2 is 1.85 bits per heavy atom. The van der Waals surface area contributed by atoms with Crippen LogP contribution in [0.3, 0.4) is 0 Å². The van der Waals surface area contributed by atoms with Crippen molar-refractivity contribution in [2.75, 3.05) is 18.6 Å². The molecule has 0 heterocycles. The highest BCUT2D eigenvalue weighted by molar-refractivity contribution is 9.10. The lowest BCUT2D eigenvalue weighted by Gasteiger charge is -2.24. The molecule has 2 rings (SSSR count). The Balaban J connectivity index is 2.23. The summed E-state index contributed by atoms with van der Waals surface area (Å²) in [5.41, 5.74) is 2.14. The van der Waals surface area contributed by atoms with Gasteiger partial charge in [0, 0.05) is 23.2 Å². The number of hydrogen-bond donors (Lipinski definition) is 0. The van der Waals surface area contributed by atoms with Gasteiger partial charge in [0.1, 0.15) is 11.6 Å². The Labute approximate surface area is 127 Å². The molecule has 106 valence electrons. The van der Waals surface area contributed by atoms with Crippen LogP contribution in [0.25, 0.3) is 0 Å². The zero-order chi connectivity index (χ0) is 14.5. The molecule has 2 aromatic carbocycles. The third-order valence-electron chi connectivity index (χ3n) is 3.19. The van der Waals surface area contributed by atoms with E-state index in [4.69, 9.17) is 4.74 Å². The molecular weight excluding hydrogens is 321 g/mol. The van der Waals surface area contributed by atoms with Crippen molar-refractivity contribution >= 4 is 21.6 Å². The fourth-order valence-electron chi connectivity index (χ4n) is 2.04. The van der Waals surface area contributed by atoms with Gasteiger partial charge in [0.05, 0.1) is 7.11 Å². The van der Waals surface area contributed by atoms with Crippen molar-refractivity contribution < 1.29 is 9.13 Å². The minimum atomic E-state index is -0.215. The SMILES string of the molecule is CCN(Cc1cc(OC)ccc1Br)c1ccc(F)cc1. The number of halogens is 2. The second-order valence-corrected chi connectivity index (χ2v) is 5.30. The van der Waals surface area contributed by atoms with E-state index in [1.165, 1.54) is 12.1 Å². The molecule has 0 aliphatic rings. The standard InChI is InChI=1S/C16H17BrFNO/c1-3-19(14-6-4-13(18)5-7-14)11-12-10-15(20-2)8-9-16(12)17/h4-10H,3,11H2,1-2H3. The van der Waals surface area contributed by atoms with Crippen molar-refractivity contribution in [2.24, 2.45) is 0 Å². The zero-order valence-electron chi connectivity index (χ0n) is 11.6. The first-order valence-electron chi connectivity index (χ1n) is 6.47. The Bertz CT molecular complexity index is 571. The molecule has 0 fully saturated rings. The summed E-state index contributed by atoms with van der Waals surface area (Å²) in [6.07, 6.45) is 0. The van der Waals surface area contributed by atoms with Crippen LogP contribution in [0.4, 0.5) is 10.1 Å². The lowest BCUT2D eigenvalue weighted by atomic mass is 10.2. The average molecular weight is 338 g/mol. The number of anilines is 1. The molecular formula is C16H17BrFNO. The van der Waals surface area contributed by atoms with Crippen LogP contribution in [-0.2, 0) is 6.54 Å². The van der Waals surface area contributed by atoms with Gasteiger partial charge in [-0.3, -0.25) is 0 Å². The van der Waals surface area contributed by atoms with Gasteiger partial charge >= 0.3 is 0 Å². The Morgan fingerprint density at radius 3 is 2.45 bits per heavy atom. The summed E-state index contributed by atoms with van der Waals surface area (Å²) < 4.78 is 19.3. The molecule has 20 heavy (non-hydrogen) atoms. The van der Waals surface area contributed by atoms with Crippen LogP contribution < -0.4 is 9.64 Å². The van der Waals surface area contributed by atoms with Gasteiger partial charge in [-0.1, -0.05) is 15.9 Å². The predicted octanol–water partition coefficient (Wildman–Crippen LogP) is 4.62. The molecule has 0 bridgehead atoms. The summed E-state index contributed by atoms with van der Waals surface area (Å²) in [6, 6.07) is 12.5. The van der Waals surface area contributed by atoms with Gasteiger partial charge in [-0.2, -0.15) is 0 Å². The van der Waals surface area contributed by atoms with Gasteiger partial charge in [0.2, 0.25) is 0 Å². The van der Waals surface area contributed by atoms with E-state index in [9.17, 15) is 4.39 Å². The van der Waals surface area contributed by atoms with Gasteiger partial charge in [-0.15, -0.1) is 0 Å². The van der Waals surface area contributed by atoms with E-state index in [0.29, 0.717) is 0 Å². The van der Waals surface area contributed by atoms with Crippen LogP contribution in [0, 0.1) is 5.82 Å². The maximum atomic E-state index is 13.0. The molecule has 0 saturated heterocycles. The molecule has 4 heteroatoms. The summed E-state index contributed by atoms with van der Waals surface area (Å²) in [6.45, 7) is 3.66. The summed E-state index contributed by atoms with van der Waals surface area (Å²) >= 11 is 3.56. The first-order valence-corrected chi connectivity index (χ1v) is 7.26. The molecule has 0 aliphatic carbocycles. The second kappa shape index (κ2) is 6.75. The molecule has 0 aliphatic heterocycles. The highest BCUT2D eigenvalue weighted by atomic mass is 79.9. The first kappa shape index (κ1) is 14.9. The fraction of sp³-hybridized carbons (Fsp3) is 0.250. The van der Waals surface area contributed by atoms with Gasteiger partial charge in [0.15, 0.2) is 0 Å². The van der Waals surface area contributed by atoms with E-state index < -0.39 is 0 Å².